The van der Waals surface area contributed by atoms with Crippen LogP contribution in [0.5, 0.6) is 0 Å². The second-order valence-electron chi connectivity index (χ2n) is 6.52. The molecule has 0 aliphatic carbocycles. The van der Waals surface area contributed by atoms with Gasteiger partial charge < -0.3 is 15.5 Å². The van der Waals surface area contributed by atoms with Gasteiger partial charge in [-0.2, -0.15) is 0 Å². The topological polar surface area (TPSA) is 78.5 Å². The molecule has 0 saturated carbocycles. The maximum Gasteiger partial charge on any atom is 0.229 e. The third-order valence-corrected chi connectivity index (χ3v) is 4.72. The van der Waals surface area contributed by atoms with Crippen LogP contribution in [0.3, 0.4) is 0 Å². The van der Waals surface area contributed by atoms with Crippen LogP contribution in [0.4, 0.5) is 11.4 Å². The molecule has 1 atom stereocenters. The number of nitrogens with zero attached hydrogens (tertiary/aromatic N) is 1. The van der Waals surface area contributed by atoms with Crippen molar-refractivity contribution in [3.05, 3.63) is 59.1 Å². The highest BCUT2D eigenvalue weighted by atomic mass is 35.5. The van der Waals surface area contributed by atoms with Crippen LogP contribution < -0.4 is 10.6 Å². The lowest BCUT2D eigenvalue weighted by atomic mass is 10.1. The van der Waals surface area contributed by atoms with E-state index in [1.54, 1.807) is 35.2 Å². The lowest BCUT2D eigenvalue weighted by molar-refractivity contribution is -0.128. The Balaban J connectivity index is 1.62. The summed E-state index contributed by atoms with van der Waals surface area (Å²) in [6.45, 7) is 2.16. The van der Waals surface area contributed by atoms with E-state index in [0.29, 0.717) is 29.5 Å². The monoisotopic (exact) mass is 385 g/mol. The van der Waals surface area contributed by atoms with Crippen LogP contribution in [0, 0.1) is 5.92 Å². The molecule has 0 radical (unpaired) electrons. The van der Waals surface area contributed by atoms with Crippen LogP contribution in [0.15, 0.2) is 48.5 Å². The summed E-state index contributed by atoms with van der Waals surface area (Å²) >= 11 is 6.16. The molecule has 1 saturated heterocycles. The molecule has 2 N–H and O–H groups in total. The molecule has 3 rings (SSSR count). The van der Waals surface area contributed by atoms with Gasteiger partial charge in [0.1, 0.15) is 0 Å². The minimum absolute atomic E-state index is 0.0675. The third kappa shape index (κ3) is 4.86. The third-order valence-electron chi connectivity index (χ3n) is 4.35. The Labute approximate surface area is 162 Å². The Morgan fingerprint density at radius 1 is 1.11 bits per heavy atom. The fraction of sp³-hybridized carbons (Fsp3) is 0.250. The molecule has 3 amide bonds. The molecule has 2 aromatic rings. The lowest BCUT2D eigenvalue weighted by Crippen LogP contribution is -2.28. The first-order valence-electron chi connectivity index (χ1n) is 8.62. The highest BCUT2D eigenvalue weighted by molar-refractivity contribution is 6.31. The number of nitrogens with one attached hydrogen (secondary N) is 2. The van der Waals surface area contributed by atoms with Crippen LogP contribution in [0.1, 0.15) is 18.9 Å². The van der Waals surface area contributed by atoms with Crippen molar-refractivity contribution in [3.8, 4) is 0 Å². The van der Waals surface area contributed by atoms with Gasteiger partial charge in [0.15, 0.2) is 0 Å². The normalized spacial score (nSPS) is 16.3. The number of rotatable bonds is 5. The Bertz CT molecular complexity index is 884. The number of benzene rings is 2. The van der Waals surface area contributed by atoms with Gasteiger partial charge in [-0.1, -0.05) is 35.9 Å². The average molecular weight is 386 g/mol. The maximum absolute atomic E-state index is 12.6. The summed E-state index contributed by atoms with van der Waals surface area (Å²) in [6, 6.07) is 14.3. The molecule has 0 aromatic heterocycles. The quantitative estimate of drug-likeness (QED) is 0.829. The molecule has 1 fully saturated rings. The van der Waals surface area contributed by atoms with E-state index in [-0.39, 0.29) is 24.1 Å². The van der Waals surface area contributed by atoms with Crippen LogP contribution in [-0.2, 0) is 20.9 Å². The molecule has 1 heterocycles. The number of halogens is 1. The number of likely N-dealkylation sites (tertiary alicyclic amines) is 1. The van der Waals surface area contributed by atoms with Crippen molar-refractivity contribution in [2.75, 3.05) is 17.2 Å². The summed E-state index contributed by atoms with van der Waals surface area (Å²) in [5.74, 6) is -0.897. The molecule has 140 valence electrons. The molecular weight excluding hydrogens is 366 g/mol. The van der Waals surface area contributed by atoms with E-state index >= 15 is 0 Å². The Hall–Kier alpha value is -2.86. The number of amides is 3. The standard InChI is InChI=1S/C20H20ClN3O3/c1-13(25)22-16-6-4-7-17(10-16)23-20(27)15-9-19(26)24(12-15)11-14-5-2-3-8-18(14)21/h2-8,10,15H,9,11-12H2,1H3,(H,22,25)(H,23,27). The van der Waals surface area contributed by atoms with E-state index in [4.69, 9.17) is 11.6 Å². The number of hydrogen-bond donors (Lipinski definition) is 2. The van der Waals surface area contributed by atoms with Gasteiger partial charge in [-0.3, -0.25) is 14.4 Å². The van der Waals surface area contributed by atoms with Crippen LogP contribution in [-0.4, -0.2) is 29.2 Å². The first kappa shape index (κ1) is 18.9. The first-order valence-corrected chi connectivity index (χ1v) is 9.00. The molecule has 0 spiro atoms. The van der Waals surface area contributed by atoms with Gasteiger partial charge in [0, 0.05) is 42.8 Å². The minimum Gasteiger partial charge on any atom is -0.337 e. The van der Waals surface area contributed by atoms with E-state index in [1.807, 2.05) is 18.2 Å². The van der Waals surface area contributed by atoms with Crippen LogP contribution in [0.2, 0.25) is 5.02 Å². The van der Waals surface area contributed by atoms with Gasteiger partial charge in [0.2, 0.25) is 17.7 Å². The number of hydrogen-bond acceptors (Lipinski definition) is 3. The zero-order chi connectivity index (χ0) is 19.4. The summed E-state index contributed by atoms with van der Waals surface area (Å²) in [4.78, 5) is 37.6. The van der Waals surface area contributed by atoms with Gasteiger partial charge in [-0.25, -0.2) is 0 Å². The van der Waals surface area contributed by atoms with Crippen molar-refractivity contribution >= 4 is 40.7 Å². The Morgan fingerprint density at radius 3 is 2.52 bits per heavy atom. The predicted molar refractivity (Wildman–Crippen MR) is 104 cm³/mol. The Kier molecular flexibility index (Phi) is 5.76. The van der Waals surface area contributed by atoms with Crippen molar-refractivity contribution in [1.29, 1.82) is 0 Å². The van der Waals surface area contributed by atoms with E-state index in [9.17, 15) is 14.4 Å². The van der Waals surface area contributed by atoms with E-state index in [2.05, 4.69) is 10.6 Å². The van der Waals surface area contributed by atoms with Crippen molar-refractivity contribution in [1.82, 2.24) is 4.90 Å². The van der Waals surface area contributed by atoms with E-state index in [1.165, 1.54) is 6.92 Å². The summed E-state index contributed by atoms with van der Waals surface area (Å²) in [5.41, 5.74) is 2.03. The molecule has 1 unspecified atom stereocenters. The molecule has 7 heteroatoms. The Morgan fingerprint density at radius 2 is 1.81 bits per heavy atom. The highest BCUT2D eigenvalue weighted by Crippen LogP contribution is 2.25. The molecule has 1 aliphatic heterocycles. The molecule has 1 aliphatic rings. The van der Waals surface area contributed by atoms with Crippen molar-refractivity contribution < 1.29 is 14.4 Å². The summed E-state index contributed by atoms with van der Waals surface area (Å²) in [5, 5.41) is 6.09. The molecule has 27 heavy (non-hydrogen) atoms. The smallest absolute Gasteiger partial charge is 0.229 e. The molecule has 6 nitrogen and oxygen atoms in total. The number of carbonyl (C=O) groups is 3. The summed E-state index contributed by atoms with van der Waals surface area (Å²) in [6.07, 6.45) is 0.168. The largest absolute Gasteiger partial charge is 0.337 e. The zero-order valence-corrected chi connectivity index (χ0v) is 15.6. The van der Waals surface area contributed by atoms with Gasteiger partial charge in [0.25, 0.3) is 0 Å². The highest BCUT2D eigenvalue weighted by Gasteiger charge is 2.34. The molecule has 0 bridgehead atoms. The second-order valence-corrected chi connectivity index (χ2v) is 6.93. The fourth-order valence-corrected chi connectivity index (χ4v) is 3.25. The van der Waals surface area contributed by atoms with Crippen molar-refractivity contribution in [3.63, 3.8) is 0 Å². The lowest BCUT2D eigenvalue weighted by Gasteiger charge is -2.17. The van der Waals surface area contributed by atoms with Crippen LogP contribution in [0.25, 0.3) is 0 Å². The zero-order valence-electron chi connectivity index (χ0n) is 14.9. The first-order chi connectivity index (χ1) is 12.9. The van der Waals surface area contributed by atoms with Gasteiger partial charge in [-0.15, -0.1) is 0 Å². The van der Waals surface area contributed by atoms with Crippen molar-refractivity contribution in [2.24, 2.45) is 5.92 Å². The number of carbonyl (C=O) groups excluding carboxylic acids is 3. The van der Waals surface area contributed by atoms with Crippen LogP contribution >= 0.6 is 11.6 Å². The molecule has 2 aromatic carbocycles. The number of anilines is 2. The van der Waals surface area contributed by atoms with Gasteiger partial charge >= 0.3 is 0 Å². The van der Waals surface area contributed by atoms with Gasteiger partial charge in [-0.05, 0) is 29.8 Å². The molecular formula is C20H20ClN3O3. The van der Waals surface area contributed by atoms with E-state index in [0.717, 1.165) is 5.56 Å². The summed E-state index contributed by atoms with van der Waals surface area (Å²) in [7, 11) is 0. The predicted octanol–water partition coefficient (Wildman–Crippen LogP) is 3.29. The minimum atomic E-state index is -0.426. The fourth-order valence-electron chi connectivity index (χ4n) is 3.06. The summed E-state index contributed by atoms with van der Waals surface area (Å²) < 4.78 is 0. The van der Waals surface area contributed by atoms with E-state index < -0.39 is 5.92 Å². The van der Waals surface area contributed by atoms with Crippen molar-refractivity contribution in [2.45, 2.75) is 19.9 Å². The SMILES string of the molecule is CC(=O)Nc1cccc(NC(=O)C2CC(=O)N(Cc3ccccc3Cl)C2)c1. The maximum atomic E-state index is 12.6. The van der Waals surface area contributed by atoms with Gasteiger partial charge in [0.05, 0.1) is 5.92 Å². The second kappa shape index (κ2) is 8.22. The average Bonchev–Trinajstić information content (AvgIpc) is 2.97.